The molecule has 1 saturated carbocycles. The average Bonchev–Trinajstić information content (AvgIpc) is 2.81. The van der Waals surface area contributed by atoms with Gasteiger partial charge in [-0.3, -0.25) is 0 Å². The van der Waals surface area contributed by atoms with Crippen LogP contribution >= 0.6 is 0 Å². The van der Waals surface area contributed by atoms with Crippen LogP contribution in [0.4, 0.5) is 26.3 Å². The minimum atomic E-state index is -5.62. The lowest BCUT2D eigenvalue weighted by atomic mass is 9.58. The van der Waals surface area contributed by atoms with Gasteiger partial charge in [0, 0.05) is 18.3 Å². The molecule has 0 aromatic carbocycles. The maximum absolute atomic E-state index is 13.0. The molecular formula is C18H24F6O5. The van der Waals surface area contributed by atoms with E-state index in [1.807, 2.05) is 6.92 Å². The number of halogens is 6. The van der Waals surface area contributed by atoms with E-state index in [1.54, 1.807) is 6.92 Å². The van der Waals surface area contributed by atoms with Crippen molar-refractivity contribution in [3.8, 4) is 0 Å². The monoisotopic (exact) mass is 434 g/mol. The highest BCUT2D eigenvalue weighted by atomic mass is 19.4. The van der Waals surface area contributed by atoms with Gasteiger partial charge in [-0.2, -0.15) is 26.3 Å². The summed E-state index contributed by atoms with van der Waals surface area (Å²) >= 11 is 0. The first-order chi connectivity index (χ1) is 13.3. The normalized spacial score (nSPS) is 47.8. The predicted molar refractivity (Wildman–Crippen MR) is 83.8 cm³/mol. The van der Waals surface area contributed by atoms with Gasteiger partial charge in [-0.25, -0.2) is 9.78 Å². The van der Waals surface area contributed by atoms with Crippen molar-refractivity contribution in [3.63, 3.8) is 0 Å². The zero-order chi connectivity index (χ0) is 21.4. The Morgan fingerprint density at radius 3 is 2.21 bits per heavy atom. The zero-order valence-corrected chi connectivity index (χ0v) is 16.2. The molecule has 4 aliphatic heterocycles. The molecule has 0 radical (unpaired) electrons. The second kappa shape index (κ2) is 6.69. The Kier molecular flexibility index (Phi) is 4.98. The summed E-state index contributed by atoms with van der Waals surface area (Å²) in [7, 11) is 0. The average molecular weight is 434 g/mol. The molecule has 29 heavy (non-hydrogen) atoms. The van der Waals surface area contributed by atoms with Crippen molar-refractivity contribution in [1.29, 1.82) is 0 Å². The molecule has 5 aliphatic rings. The van der Waals surface area contributed by atoms with Crippen LogP contribution in [-0.2, 0) is 24.0 Å². The standard InChI is InChI=1S/C18H24F6O5/c1-8-4-5-11-9(2)12(25-13(17(19,20)21)18(22,23)24)26-14-16(11)10(8)6-7-15(3,27-14)28-29-16/h8-14H,4-7H2,1-3H3/t8-,9+,10+,11+,12-,14-,15-,16-/m1/s1. The van der Waals surface area contributed by atoms with Crippen LogP contribution in [0.2, 0.25) is 0 Å². The highest BCUT2D eigenvalue weighted by Crippen LogP contribution is 2.61. The highest BCUT2D eigenvalue weighted by Gasteiger charge is 2.70. The van der Waals surface area contributed by atoms with Crippen LogP contribution in [0.15, 0.2) is 0 Å². The fourth-order valence-corrected chi connectivity index (χ4v) is 5.50. The van der Waals surface area contributed by atoms with Gasteiger partial charge in [-0.15, -0.1) is 0 Å². The highest BCUT2D eigenvalue weighted by molar-refractivity contribution is 5.09. The van der Waals surface area contributed by atoms with Crippen molar-refractivity contribution in [2.24, 2.45) is 23.7 Å². The molecule has 0 amide bonds. The zero-order valence-electron chi connectivity index (χ0n) is 16.2. The summed E-state index contributed by atoms with van der Waals surface area (Å²) in [5.41, 5.74) is -1.08. The van der Waals surface area contributed by atoms with E-state index in [0.717, 1.165) is 6.42 Å². The van der Waals surface area contributed by atoms with Crippen molar-refractivity contribution < 1.29 is 50.3 Å². The SMILES string of the molecule is C[C@@H]1[C@H](OC(C(F)(F)F)C(F)(F)F)O[C@@H]2O[C@@]3(C)CC[C@H]4[C@H](C)CC[C@@H]1[C@@]24OO3. The Morgan fingerprint density at radius 2 is 1.59 bits per heavy atom. The largest absolute Gasteiger partial charge is 0.423 e. The van der Waals surface area contributed by atoms with Gasteiger partial charge in [-0.05, 0) is 38.0 Å². The molecule has 11 heteroatoms. The number of alkyl halides is 6. The second-order valence-electron chi connectivity index (χ2n) is 8.87. The van der Waals surface area contributed by atoms with Crippen molar-refractivity contribution in [2.75, 3.05) is 0 Å². The van der Waals surface area contributed by atoms with E-state index in [2.05, 4.69) is 4.74 Å². The van der Waals surface area contributed by atoms with Gasteiger partial charge in [0.1, 0.15) is 0 Å². The molecule has 5 nitrogen and oxygen atoms in total. The van der Waals surface area contributed by atoms with Gasteiger partial charge in [0.25, 0.3) is 6.10 Å². The number of fused-ring (bicyclic) bond motifs is 2. The lowest BCUT2D eigenvalue weighted by Crippen LogP contribution is -2.71. The molecule has 4 saturated heterocycles. The van der Waals surface area contributed by atoms with E-state index in [4.69, 9.17) is 19.2 Å². The molecule has 1 aliphatic carbocycles. The summed E-state index contributed by atoms with van der Waals surface area (Å²) in [5.74, 6) is -2.25. The Hall–Kier alpha value is -0.620. The Balaban J connectivity index is 1.67. The smallest absolute Gasteiger partial charge is 0.331 e. The van der Waals surface area contributed by atoms with E-state index in [-0.39, 0.29) is 11.8 Å². The Bertz CT molecular complexity index is 627. The Morgan fingerprint density at radius 1 is 0.931 bits per heavy atom. The van der Waals surface area contributed by atoms with Crippen molar-refractivity contribution >= 4 is 0 Å². The molecule has 8 atom stereocenters. The maximum Gasteiger partial charge on any atom is 0.423 e. The topological polar surface area (TPSA) is 46.2 Å². The lowest BCUT2D eigenvalue weighted by Gasteiger charge is -2.60. The summed E-state index contributed by atoms with van der Waals surface area (Å²) < 4.78 is 94.3. The summed E-state index contributed by atoms with van der Waals surface area (Å²) in [4.78, 5) is 11.3. The first-order valence-electron chi connectivity index (χ1n) is 9.77. The molecule has 0 N–H and O–H groups in total. The van der Waals surface area contributed by atoms with Crippen LogP contribution < -0.4 is 0 Å². The minimum Gasteiger partial charge on any atom is -0.331 e. The van der Waals surface area contributed by atoms with Gasteiger partial charge in [0.05, 0.1) is 0 Å². The third-order valence-corrected chi connectivity index (χ3v) is 6.96. The third kappa shape index (κ3) is 3.37. The first kappa shape index (κ1) is 21.6. The van der Waals surface area contributed by atoms with Gasteiger partial charge in [0.15, 0.2) is 18.2 Å². The molecule has 5 fully saturated rings. The summed E-state index contributed by atoms with van der Waals surface area (Å²) in [5, 5.41) is 0. The van der Waals surface area contributed by atoms with E-state index in [9.17, 15) is 26.3 Å². The maximum atomic E-state index is 13.0. The molecule has 4 heterocycles. The van der Waals surface area contributed by atoms with Gasteiger partial charge in [-0.1, -0.05) is 13.8 Å². The third-order valence-electron chi connectivity index (χ3n) is 6.96. The predicted octanol–water partition coefficient (Wildman–Crippen LogP) is 4.70. The number of ether oxygens (including phenoxy) is 3. The van der Waals surface area contributed by atoms with Crippen LogP contribution in [0.25, 0.3) is 0 Å². The molecule has 0 aromatic rings. The quantitative estimate of drug-likeness (QED) is 0.466. The van der Waals surface area contributed by atoms with Gasteiger partial charge >= 0.3 is 12.4 Å². The van der Waals surface area contributed by atoms with E-state index in [0.29, 0.717) is 19.3 Å². The van der Waals surface area contributed by atoms with Crippen LogP contribution in [0.5, 0.6) is 0 Å². The van der Waals surface area contributed by atoms with Crippen molar-refractivity contribution in [3.05, 3.63) is 0 Å². The van der Waals surface area contributed by atoms with E-state index < -0.39 is 54.3 Å². The van der Waals surface area contributed by atoms with E-state index in [1.165, 1.54) is 6.92 Å². The summed E-state index contributed by atoms with van der Waals surface area (Å²) in [6, 6.07) is 0. The second-order valence-corrected chi connectivity index (χ2v) is 8.87. The van der Waals surface area contributed by atoms with Crippen molar-refractivity contribution in [2.45, 2.75) is 88.9 Å². The molecule has 5 rings (SSSR count). The summed E-state index contributed by atoms with van der Waals surface area (Å²) in [6.45, 7) is 5.19. The molecule has 1 spiro atoms. The minimum absolute atomic E-state index is 0.0556. The Labute approximate surface area is 163 Å². The first-order valence-corrected chi connectivity index (χ1v) is 9.77. The fourth-order valence-electron chi connectivity index (χ4n) is 5.50. The summed E-state index contributed by atoms with van der Waals surface area (Å²) in [6.07, 6.45) is -15.6. The number of rotatable bonds is 2. The molecule has 0 unspecified atom stereocenters. The van der Waals surface area contributed by atoms with Crippen LogP contribution in [-0.4, -0.2) is 42.4 Å². The number of hydrogen-bond donors (Lipinski definition) is 0. The number of hydrogen-bond acceptors (Lipinski definition) is 5. The van der Waals surface area contributed by atoms with Crippen LogP contribution in [0.3, 0.4) is 0 Å². The van der Waals surface area contributed by atoms with Gasteiger partial charge in [0.2, 0.25) is 5.79 Å². The molecular weight excluding hydrogens is 410 g/mol. The fraction of sp³-hybridized carbons (Fsp3) is 1.00. The van der Waals surface area contributed by atoms with Gasteiger partial charge < -0.3 is 14.2 Å². The molecule has 0 aromatic heterocycles. The lowest BCUT2D eigenvalue weighted by molar-refractivity contribution is -0.579. The van der Waals surface area contributed by atoms with Crippen molar-refractivity contribution in [1.82, 2.24) is 0 Å². The molecule has 2 bridgehead atoms. The van der Waals surface area contributed by atoms with Crippen LogP contribution in [0.1, 0.15) is 46.5 Å². The van der Waals surface area contributed by atoms with E-state index >= 15 is 0 Å². The molecule has 168 valence electrons. The van der Waals surface area contributed by atoms with Crippen LogP contribution in [0, 0.1) is 23.7 Å².